The molecule has 2 nitrogen and oxygen atoms in total. The van der Waals surface area contributed by atoms with Gasteiger partial charge in [-0.3, -0.25) is 9.98 Å². The molecule has 0 aliphatic carbocycles. The number of hydrogen-bond acceptors (Lipinski definition) is 2. The molecule has 0 atom stereocenters. The first-order chi connectivity index (χ1) is 5.79. The lowest BCUT2D eigenvalue weighted by atomic mass is 10.2. The Kier molecular flexibility index (Phi) is 2.75. The standard InChI is InChI=1S/C10H12N2/c1-4-10(11-3)9-6-5-7-12-8(9)2/h5-7H,2-4H2,1H3/b10-9-. The minimum absolute atomic E-state index is 0.766. The normalized spacial score (nSPS) is 12.4. The maximum atomic E-state index is 4.08. The summed E-state index contributed by atoms with van der Waals surface area (Å²) in [6, 6.07) is 3.84. The van der Waals surface area contributed by atoms with Crippen LogP contribution in [0.4, 0.5) is 0 Å². The number of nitrogens with zero attached hydrogens (tertiary/aromatic N) is 2. The molecule has 0 bridgehead atoms. The minimum atomic E-state index is 0.766. The maximum Gasteiger partial charge on any atom is 0.0648 e. The summed E-state index contributed by atoms with van der Waals surface area (Å²) in [5.74, 6) is 0. The summed E-state index contributed by atoms with van der Waals surface area (Å²) >= 11 is 0. The molecule has 1 heterocycles. The van der Waals surface area contributed by atoms with E-state index in [-0.39, 0.29) is 0 Å². The van der Waals surface area contributed by atoms with Crippen molar-refractivity contribution in [1.82, 2.24) is 4.98 Å². The van der Waals surface area contributed by atoms with Gasteiger partial charge in [0.15, 0.2) is 0 Å². The average Bonchev–Trinajstić information content (AvgIpc) is 2.10. The lowest BCUT2D eigenvalue weighted by Gasteiger charge is -1.94. The monoisotopic (exact) mass is 160 g/mol. The van der Waals surface area contributed by atoms with Gasteiger partial charge in [0.1, 0.15) is 0 Å². The van der Waals surface area contributed by atoms with Gasteiger partial charge in [-0.2, -0.15) is 0 Å². The highest BCUT2D eigenvalue weighted by molar-refractivity contribution is 5.50. The largest absolute Gasteiger partial charge is 0.268 e. The molecule has 0 saturated heterocycles. The predicted molar refractivity (Wildman–Crippen MR) is 52.3 cm³/mol. The highest BCUT2D eigenvalue weighted by Gasteiger charge is 1.91. The number of hydrogen-bond donors (Lipinski definition) is 0. The lowest BCUT2D eigenvalue weighted by Crippen LogP contribution is -2.27. The van der Waals surface area contributed by atoms with Gasteiger partial charge in [0.2, 0.25) is 0 Å². The molecule has 1 rings (SSSR count). The number of aromatic nitrogens is 1. The van der Waals surface area contributed by atoms with Crippen LogP contribution in [0.1, 0.15) is 13.3 Å². The van der Waals surface area contributed by atoms with Crippen molar-refractivity contribution in [3.63, 3.8) is 0 Å². The Bertz CT molecular complexity index is 379. The topological polar surface area (TPSA) is 25.2 Å². The smallest absolute Gasteiger partial charge is 0.0648 e. The van der Waals surface area contributed by atoms with Crippen LogP contribution in [0, 0.1) is 0 Å². The molecule has 0 N–H and O–H groups in total. The Morgan fingerprint density at radius 2 is 2.42 bits per heavy atom. The Labute approximate surface area is 72.0 Å². The zero-order chi connectivity index (χ0) is 8.97. The van der Waals surface area contributed by atoms with E-state index in [1.807, 2.05) is 19.1 Å². The van der Waals surface area contributed by atoms with Crippen molar-refractivity contribution in [2.45, 2.75) is 13.3 Å². The molecule has 0 aliphatic heterocycles. The fourth-order valence-corrected chi connectivity index (χ4v) is 1.09. The number of aliphatic imine (C=N–C) groups is 1. The molecule has 1 aromatic heterocycles. The van der Waals surface area contributed by atoms with E-state index in [1.54, 1.807) is 6.20 Å². The summed E-state index contributed by atoms with van der Waals surface area (Å²) < 4.78 is 0. The van der Waals surface area contributed by atoms with Crippen molar-refractivity contribution >= 4 is 19.0 Å². The van der Waals surface area contributed by atoms with Crippen LogP contribution in [0.2, 0.25) is 0 Å². The van der Waals surface area contributed by atoms with E-state index in [0.717, 1.165) is 22.7 Å². The second-order valence-corrected chi connectivity index (χ2v) is 2.46. The van der Waals surface area contributed by atoms with Gasteiger partial charge < -0.3 is 0 Å². The average molecular weight is 160 g/mol. The van der Waals surface area contributed by atoms with Gasteiger partial charge in [-0.05, 0) is 25.3 Å². The van der Waals surface area contributed by atoms with Gasteiger partial charge in [0.25, 0.3) is 0 Å². The molecular formula is C10H12N2. The van der Waals surface area contributed by atoms with E-state index in [9.17, 15) is 0 Å². The molecule has 62 valence electrons. The van der Waals surface area contributed by atoms with Crippen LogP contribution in [0.5, 0.6) is 0 Å². The minimum Gasteiger partial charge on any atom is -0.268 e. The highest BCUT2D eigenvalue weighted by atomic mass is 14.7. The molecule has 2 heteroatoms. The predicted octanol–water partition coefficient (Wildman–Crippen LogP) is 0.711. The van der Waals surface area contributed by atoms with E-state index >= 15 is 0 Å². The van der Waals surface area contributed by atoms with Crippen LogP contribution in [0.3, 0.4) is 0 Å². The van der Waals surface area contributed by atoms with Crippen LogP contribution in [0.25, 0.3) is 12.3 Å². The molecule has 12 heavy (non-hydrogen) atoms. The van der Waals surface area contributed by atoms with Crippen LogP contribution in [-0.4, -0.2) is 11.7 Å². The molecule has 0 fully saturated rings. The van der Waals surface area contributed by atoms with Crippen molar-refractivity contribution in [1.29, 1.82) is 0 Å². The van der Waals surface area contributed by atoms with Crippen LogP contribution in [0.15, 0.2) is 23.3 Å². The summed E-state index contributed by atoms with van der Waals surface area (Å²) in [5, 5.41) is 1.76. The van der Waals surface area contributed by atoms with Crippen LogP contribution < -0.4 is 10.6 Å². The third-order valence-electron chi connectivity index (χ3n) is 1.73. The molecule has 0 aliphatic rings. The van der Waals surface area contributed by atoms with Gasteiger partial charge in [0, 0.05) is 17.1 Å². The second kappa shape index (κ2) is 3.81. The van der Waals surface area contributed by atoms with E-state index < -0.39 is 0 Å². The summed E-state index contributed by atoms with van der Waals surface area (Å²) in [7, 11) is 0. The SMILES string of the molecule is C=N/C(CC)=c1/cccnc1=C. The first-order valence-corrected chi connectivity index (χ1v) is 3.89. The molecule has 0 unspecified atom stereocenters. The van der Waals surface area contributed by atoms with Crippen molar-refractivity contribution < 1.29 is 0 Å². The van der Waals surface area contributed by atoms with Crippen molar-refractivity contribution in [2.75, 3.05) is 0 Å². The molecule has 0 spiro atoms. The Morgan fingerprint density at radius 3 is 2.92 bits per heavy atom. The zero-order valence-corrected chi connectivity index (χ0v) is 7.25. The van der Waals surface area contributed by atoms with Crippen molar-refractivity contribution in [3.8, 4) is 0 Å². The summed E-state index contributed by atoms with van der Waals surface area (Å²) in [6.07, 6.45) is 2.58. The van der Waals surface area contributed by atoms with Gasteiger partial charge in [-0.25, -0.2) is 0 Å². The van der Waals surface area contributed by atoms with Crippen molar-refractivity contribution in [2.24, 2.45) is 4.99 Å². The highest BCUT2D eigenvalue weighted by Crippen LogP contribution is 1.96. The van der Waals surface area contributed by atoms with E-state index in [1.165, 1.54) is 0 Å². The van der Waals surface area contributed by atoms with Gasteiger partial charge in [-0.15, -0.1) is 0 Å². The second-order valence-electron chi connectivity index (χ2n) is 2.46. The quantitative estimate of drug-likeness (QED) is 0.585. The fraction of sp³-hybridized carbons (Fsp3) is 0.200. The summed E-state index contributed by atoms with van der Waals surface area (Å²) in [6.45, 7) is 9.36. The summed E-state index contributed by atoms with van der Waals surface area (Å²) in [5.41, 5.74) is 0.952. The van der Waals surface area contributed by atoms with Gasteiger partial charge in [0.05, 0.1) is 5.35 Å². The molecule has 0 saturated carbocycles. The molecule has 0 radical (unpaired) electrons. The Balaban J connectivity index is 3.53. The molecular weight excluding hydrogens is 148 g/mol. The molecule has 0 aromatic carbocycles. The van der Waals surface area contributed by atoms with E-state index in [4.69, 9.17) is 0 Å². The van der Waals surface area contributed by atoms with E-state index in [2.05, 4.69) is 23.3 Å². The first-order valence-electron chi connectivity index (χ1n) is 3.89. The van der Waals surface area contributed by atoms with Gasteiger partial charge in [-0.1, -0.05) is 13.5 Å². The molecule has 1 aromatic rings. The number of rotatable bonds is 2. The summed E-state index contributed by atoms with van der Waals surface area (Å²) in [4.78, 5) is 8.00. The van der Waals surface area contributed by atoms with Crippen molar-refractivity contribution in [3.05, 3.63) is 28.9 Å². The zero-order valence-electron chi connectivity index (χ0n) is 7.25. The Hall–Kier alpha value is -1.44. The van der Waals surface area contributed by atoms with E-state index in [0.29, 0.717) is 0 Å². The third-order valence-corrected chi connectivity index (χ3v) is 1.73. The Morgan fingerprint density at radius 1 is 1.67 bits per heavy atom. The third kappa shape index (κ3) is 1.59. The lowest BCUT2D eigenvalue weighted by molar-refractivity contribution is 1.15. The maximum absolute atomic E-state index is 4.08. The number of pyridine rings is 1. The van der Waals surface area contributed by atoms with Crippen LogP contribution >= 0.6 is 0 Å². The fourth-order valence-electron chi connectivity index (χ4n) is 1.09. The van der Waals surface area contributed by atoms with Gasteiger partial charge >= 0.3 is 0 Å². The first kappa shape index (κ1) is 8.65. The van der Waals surface area contributed by atoms with Crippen LogP contribution in [-0.2, 0) is 0 Å². The molecule has 0 amide bonds.